The maximum atomic E-state index is 10.8. The quantitative estimate of drug-likeness (QED) is 0.0966. The lowest BCUT2D eigenvalue weighted by atomic mass is 10.3. The fourth-order valence-electron chi connectivity index (χ4n) is 3.17. The van der Waals surface area contributed by atoms with Gasteiger partial charge in [-0.15, -0.1) is 0 Å². The Hall–Kier alpha value is -6.40. The lowest BCUT2D eigenvalue weighted by Crippen LogP contribution is -2.12. The van der Waals surface area contributed by atoms with Crippen LogP contribution in [0.1, 0.15) is 42.2 Å². The van der Waals surface area contributed by atoms with Gasteiger partial charge in [0.15, 0.2) is 0 Å². The number of H-pyrrole nitrogens is 5. The number of halogens is 1. The summed E-state index contributed by atoms with van der Waals surface area (Å²) in [7, 11) is 5.27. The number of hydrogen-bond acceptors (Lipinski definition) is 10. The standard InChI is InChI=1S/C8H12N2O.C7H7NO3.C6H6BrNO.2C6H5NO3/c1-10(2)6-7-3-4-8(11)9-5-7;1-11-7(10)5-2-3-6(9)8-4-5;7-3-5-1-2-6(9)8-4-5;2*8-5-2-1-4(3-7-5)6(9)10/h3-5H,6H2,1-2H3,(H,9,11);2-4H,1H3,(H,8,9);1-2,4H,3H2,(H,8,9);2*1-3H,(H,7,8)(H,9,10). The van der Waals surface area contributed by atoms with Crippen LogP contribution in [-0.2, 0) is 16.6 Å². The molecule has 0 saturated heterocycles. The zero-order chi connectivity index (χ0) is 38.3. The lowest BCUT2D eigenvalue weighted by Gasteiger charge is -2.07. The molecule has 0 aliphatic rings. The molecular formula is C33H35BrN6O11. The first-order valence-electron chi connectivity index (χ1n) is 14.3. The molecule has 17 nitrogen and oxygen atoms in total. The topological polar surface area (TPSA) is 268 Å². The molecule has 0 saturated carbocycles. The van der Waals surface area contributed by atoms with E-state index >= 15 is 0 Å². The number of aromatic nitrogens is 5. The second kappa shape index (κ2) is 23.0. The Kier molecular flexibility index (Phi) is 19.3. The third-order valence-electron chi connectivity index (χ3n) is 5.62. The molecule has 0 unspecified atom stereocenters. The second-order valence-corrected chi connectivity index (χ2v) is 10.5. The Labute approximate surface area is 296 Å². The minimum absolute atomic E-state index is 0.0486. The van der Waals surface area contributed by atoms with Gasteiger partial charge in [-0.2, -0.15) is 0 Å². The molecule has 0 aliphatic carbocycles. The van der Waals surface area contributed by atoms with Crippen molar-refractivity contribution in [3.8, 4) is 0 Å². The number of carboxylic acid groups (broad SMARTS) is 2. The van der Waals surface area contributed by atoms with Crippen molar-refractivity contribution in [2.75, 3.05) is 21.2 Å². The maximum Gasteiger partial charge on any atom is 0.339 e. The van der Waals surface area contributed by atoms with Crippen LogP contribution < -0.4 is 27.8 Å². The summed E-state index contributed by atoms with van der Waals surface area (Å²) >= 11 is 3.26. The first kappa shape index (κ1) is 42.6. The Bertz CT molecular complexity index is 1990. The van der Waals surface area contributed by atoms with Gasteiger partial charge in [0, 0.05) is 73.2 Å². The van der Waals surface area contributed by atoms with E-state index in [0.29, 0.717) is 5.56 Å². The molecule has 7 N–H and O–H groups in total. The van der Waals surface area contributed by atoms with Crippen LogP contribution >= 0.6 is 15.9 Å². The molecule has 0 fully saturated rings. The van der Waals surface area contributed by atoms with Crippen LogP contribution in [0.3, 0.4) is 0 Å². The van der Waals surface area contributed by atoms with Crippen molar-refractivity contribution in [2.45, 2.75) is 11.9 Å². The molecule has 0 aromatic carbocycles. The molecule has 5 aromatic rings. The van der Waals surface area contributed by atoms with E-state index in [2.05, 4.69) is 45.6 Å². The zero-order valence-corrected chi connectivity index (χ0v) is 29.1. The van der Waals surface area contributed by atoms with E-state index in [1.54, 1.807) is 24.5 Å². The summed E-state index contributed by atoms with van der Waals surface area (Å²) in [6.07, 6.45) is 7.06. The average molecular weight is 772 g/mol. The van der Waals surface area contributed by atoms with E-state index in [0.717, 1.165) is 35.4 Å². The van der Waals surface area contributed by atoms with Gasteiger partial charge in [-0.05, 0) is 43.4 Å². The van der Waals surface area contributed by atoms with E-state index in [1.165, 1.54) is 55.8 Å². The Morgan fingerprint density at radius 3 is 1.16 bits per heavy atom. The number of nitrogens with one attached hydrogen (secondary N) is 5. The molecule has 0 radical (unpaired) electrons. The fourth-order valence-corrected chi connectivity index (χ4v) is 3.52. The maximum absolute atomic E-state index is 10.8. The van der Waals surface area contributed by atoms with Crippen molar-refractivity contribution in [1.29, 1.82) is 0 Å². The van der Waals surface area contributed by atoms with Crippen molar-refractivity contribution in [3.05, 3.63) is 171 Å². The predicted octanol–water partition coefficient (Wildman–Crippen LogP) is 2.01. The minimum atomic E-state index is -1.05. The van der Waals surface area contributed by atoms with Crippen molar-refractivity contribution in [1.82, 2.24) is 29.8 Å². The summed E-state index contributed by atoms with van der Waals surface area (Å²) in [6.45, 7) is 0.858. The van der Waals surface area contributed by atoms with Crippen molar-refractivity contribution in [2.24, 2.45) is 0 Å². The number of carbonyl (C=O) groups excluding carboxylic acids is 1. The van der Waals surface area contributed by atoms with Gasteiger partial charge in [0.1, 0.15) is 0 Å². The number of carbonyl (C=O) groups is 3. The number of esters is 1. The number of aromatic carboxylic acids is 2. The molecule has 18 heteroatoms. The van der Waals surface area contributed by atoms with E-state index in [1.807, 2.05) is 25.1 Å². The van der Waals surface area contributed by atoms with Crippen LogP contribution in [0.25, 0.3) is 0 Å². The highest BCUT2D eigenvalue weighted by molar-refractivity contribution is 9.08. The molecule has 5 rings (SSSR count). The van der Waals surface area contributed by atoms with Crippen LogP contribution in [0.4, 0.5) is 0 Å². The number of aromatic amines is 5. The van der Waals surface area contributed by atoms with Crippen molar-refractivity contribution >= 4 is 33.8 Å². The van der Waals surface area contributed by atoms with E-state index < -0.39 is 17.9 Å². The van der Waals surface area contributed by atoms with Gasteiger partial charge in [0.25, 0.3) is 0 Å². The fraction of sp³-hybridized carbons (Fsp3) is 0.152. The van der Waals surface area contributed by atoms with Gasteiger partial charge >= 0.3 is 17.9 Å². The molecule has 270 valence electrons. The molecular weight excluding hydrogens is 736 g/mol. The van der Waals surface area contributed by atoms with Crippen molar-refractivity contribution < 1.29 is 29.3 Å². The third-order valence-corrected chi connectivity index (χ3v) is 6.27. The third kappa shape index (κ3) is 18.7. The van der Waals surface area contributed by atoms with Crippen molar-refractivity contribution in [3.63, 3.8) is 0 Å². The van der Waals surface area contributed by atoms with E-state index in [-0.39, 0.29) is 38.9 Å². The number of hydrogen-bond donors (Lipinski definition) is 7. The van der Waals surface area contributed by atoms with Gasteiger partial charge in [-0.3, -0.25) is 24.0 Å². The normalized spacial score (nSPS) is 9.51. The highest BCUT2D eigenvalue weighted by Crippen LogP contribution is 1.99. The number of nitrogens with zero attached hydrogens (tertiary/aromatic N) is 1. The molecule has 0 bridgehead atoms. The largest absolute Gasteiger partial charge is 0.478 e. The molecule has 0 spiro atoms. The summed E-state index contributed by atoms with van der Waals surface area (Å²) in [4.78, 5) is 97.7. The number of ether oxygens (including phenoxy) is 1. The first-order chi connectivity index (χ1) is 24.1. The van der Waals surface area contributed by atoms with Crippen LogP contribution in [0.5, 0.6) is 0 Å². The highest BCUT2D eigenvalue weighted by Gasteiger charge is 2.03. The van der Waals surface area contributed by atoms with Crippen LogP contribution in [0.15, 0.2) is 116 Å². The lowest BCUT2D eigenvalue weighted by molar-refractivity contribution is 0.0598. The number of alkyl halides is 1. The molecule has 51 heavy (non-hydrogen) atoms. The van der Waals surface area contributed by atoms with Crippen LogP contribution in [-0.4, -0.2) is 79.1 Å². The van der Waals surface area contributed by atoms with Gasteiger partial charge in [0.2, 0.25) is 27.8 Å². The molecule has 0 aliphatic heterocycles. The van der Waals surface area contributed by atoms with Gasteiger partial charge < -0.3 is 44.8 Å². The Morgan fingerprint density at radius 2 is 0.902 bits per heavy atom. The van der Waals surface area contributed by atoms with Gasteiger partial charge in [-0.25, -0.2) is 14.4 Å². The monoisotopic (exact) mass is 770 g/mol. The molecule has 0 amide bonds. The molecule has 0 atom stereocenters. The van der Waals surface area contributed by atoms with E-state index in [4.69, 9.17) is 10.2 Å². The summed E-state index contributed by atoms with van der Waals surface area (Å²) in [6, 6.07) is 14.2. The average Bonchev–Trinajstić information content (AvgIpc) is 3.11. The summed E-state index contributed by atoms with van der Waals surface area (Å²) in [5.41, 5.74) is 1.76. The highest BCUT2D eigenvalue weighted by atomic mass is 79.9. The number of carboxylic acids is 2. The van der Waals surface area contributed by atoms with Gasteiger partial charge in [0.05, 0.1) is 23.8 Å². The SMILES string of the molecule is CN(C)Cc1ccc(=O)[nH]c1.COC(=O)c1ccc(=O)[nH]c1.O=C(O)c1ccc(=O)[nH]c1.O=C(O)c1ccc(=O)[nH]c1.O=c1ccc(CBr)c[nH]1. The first-order valence-corrected chi connectivity index (χ1v) is 15.4. The smallest absolute Gasteiger partial charge is 0.339 e. The van der Waals surface area contributed by atoms with E-state index in [9.17, 15) is 38.4 Å². The molecule has 5 aromatic heterocycles. The number of rotatable bonds is 6. The van der Waals surface area contributed by atoms with Crippen LogP contribution in [0, 0.1) is 0 Å². The summed E-state index contributed by atoms with van der Waals surface area (Å²) in [5.74, 6) is -2.55. The summed E-state index contributed by atoms with van der Waals surface area (Å²) < 4.78 is 4.42. The zero-order valence-electron chi connectivity index (χ0n) is 27.5. The predicted molar refractivity (Wildman–Crippen MR) is 191 cm³/mol. The number of pyridine rings is 5. The Balaban J connectivity index is 0.000000319. The second-order valence-electron chi connectivity index (χ2n) is 9.92. The molecule has 5 heterocycles. The number of methoxy groups -OCH3 is 1. The summed E-state index contributed by atoms with van der Waals surface area (Å²) in [5, 5.41) is 17.5. The minimum Gasteiger partial charge on any atom is -0.478 e. The van der Waals surface area contributed by atoms with Gasteiger partial charge in [-0.1, -0.05) is 28.1 Å². The van der Waals surface area contributed by atoms with Crippen LogP contribution in [0.2, 0.25) is 0 Å². The Morgan fingerprint density at radius 1 is 0.569 bits per heavy atom.